The molecule has 8 heteroatoms. The fourth-order valence-electron chi connectivity index (χ4n) is 5.90. The number of halogens is 1. The maximum atomic E-state index is 14.9. The Morgan fingerprint density at radius 1 is 1.03 bits per heavy atom. The Kier molecular flexibility index (Phi) is 6.26. The number of amides is 1. The third kappa shape index (κ3) is 4.64. The van der Waals surface area contributed by atoms with E-state index in [2.05, 4.69) is 26.1 Å². The largest absolute Gasteiger partial charge is 0.338 e. The summed E-state index contributed by atoms with van der Waals surface area (Å²) in [5.74, 6) is -0.389. The Morgan fingerprint density at radius 2 is 1.89 bits per heavy atom. The summed E-state index contributed by atoms with van der Waals surface area (Å²) in [5.41, 5.74) is 2.50. The second kappa shape index (κ2) is 9.86. The van der Waals surface area contributed by atoms with Crippen molar-refractivity contribution in [1.82, 2.24) is 25.0 Å². The summed E-state index contributed by atoms with van der Waals surface area (Å²) in [4.78, 5) is 34.1. The van der Waals surface area contributed by atoms with E-state index in [4.69, 9.17) is 0 Å². The first-order chi connectivity index (χ1) is 18.1. The fraction of sp³-hybridized carbons (Fsp3) is 0.310. The minimum Gasteiger partial charge on any atom is -0.338 e. The lowest BCUT2D eigenvalue weighted by Crippen LogP contribution is -2.48. The predicted molar refractivity (Wildman–Crippen MR) is 139 cm³/mol. The molecule has 7 nitrogen and oxygen atoms in total. The summed E-state index contributed by atoms with van der Waals surface area (Å²) in [5, 5.41) is 8.08. The zero-order chi connectivity index (χ0) is 25.4. The van der Waals surface area contributed by atoms with E-state index >= 15 is 0 Å². The number of pyridine rings is 1. The van der Waals surface area contributed by atoms with Crippen molar-refractivity contribution in [1.29, 1.82) is 0 Å². The van der Waals surface area contributed by atoms with Crippen LogP contribution in [-0.2, 0) is 13.0 Å². The number of carbonyl (C=O) groups excluding carboxylic acids is 1. The molecule has 188 valence electrons. The van der Waals surface area contributed by atoms with Crippen molar-refractivity contribution < 1.29 is 9.18 Å². The number of hydrogen-bond donors (Lipinski definition) is 1. The van der Waals surface area contributed by atoms with Crippen LogP contribution in [0.15, 0.2) is 71.8 Å². The van der Waals surface area contributed by atoms with Crippen LogP contribution < -0.4 is 5.56 Å². The van der Waals surface area contributed by atoms with Gasteiger partial charge >= 0.3 is 0 Å². The third-order valence-electron chi connectivity index (χ3n) is 7.75. The number of rotatable bonds is 5. The molecule has 4 aromatic rings. The van der Waals surface area contributed by atoms with Crippen LogP contribution in [0.4, 0.5) is 4.39 Å². The summed E-state index contributed by atoms with van der Waals surface area (Å²) in [6.45, 7) is 3.12. The highest BCUT2D eigenvalue weighted by Gasteiger charge is 2.39. The molecular formula is C29H28FN5O2. The van der Waals surface area contributed by atoms with Gasteiger partial charge in [0.1, 0.15) is 5.82 Å². The standard InChI is InChI=1S/C29H28FN5O2/c30-25-8-7-19(15-26-22-5-1-2-6-23(22)28(36)33-32-26)14-24(25)29(37)35-13-10-27-21(18-35)9-12-34(27)17-20-4-3-11-31-16-20/h1-8,11,14,16,21,27H,9-10,12-13,15,17-18H2,(H,33,36). The molecule has 2 aliphatic heterocycles. The highest BCUT2D eigenvalue weighted by Crippen LogP contribution is 2.33. The smallest absolute Gasteiger partial charge is 0.272 e. The zero-order valence-corrected chi connectivity index (χ0v) is 20.4. The first kappa shape index (κ1) is 23.5. The van der Waals surface area contributed by atoms with E-state index in [9.17, 15) is 14.0 Å². The van der Waals surface area contributed by atoms with E-state index in [-0.39, 0.29) is 17.0 Å². The molecule has 2 aliphatic rings. The van der Waals surface area contributed by atoms with Gasteiger partial charge < -0.3 is 4.90 Å². The number of aromatic nitrogens is 3. The van der Waals surface area contributed by atoms with Gasteiger partial charge in [-0.15, -0.1) is 0 Å². The van der Waals surface area contributed by atoms with Gasteiger partial charge in [-0.05, 0) is 60.7 Å². The molecule has 2 saturated heterocycles. The van der Waals surface area contributed by atoms with Crippen LogP contribution in [0.3, 0.4) is 0 Å². The monoisotopic (exact) mass is 497 g/mol. The van der Waals surface area contributed by atoms with Crippen LogP contribution in [0.5, 0.6) is 0 Å². The van der Waals surface area contributed by atoms with Gasteiger partial charge in [-0.25, -0.2) is 9.49 Å². The van der Waals surface area contributed by atoms with E-state index < -0.39 is 5.82 Å². The summed E-state index contributed by atoms with van der Waals surface area (Å²) >= 11 is 0. The number of aromatic amines is 1. The minimum absolute atomic E-state index is 0.0925. The number of fused-ring (bicyclic) bond motifs is 2. The molecule has 6 rings (SSSR count). The van der Waals surface area contributed by atoms with Crippen molar-refractivity contribution >= 4 is 16.7 Å². The average molecular weight is 498 g/mol. The molecule has 0 aliphatic carbocycles. The lowest BCUT2D eigenvalue weighted by molar-refractivity contribution is 0.0587. The van der Waals surface area contributed by atoms with Gasteiger partial charge in [-0.2, -0.15) is 5.10 Å². The Hall–Kier alpha value is -3.91. The van der Waals surface area contributed by atoms with Crippen molar-refractivity contribution in [2.75, 3.05) is 19.6 Å². The van der Waals surface area contributed by atoms with E-state index in [1.165, 1.54) is 11.6 Å². The molecule has 2 aromatic carbocycles. The van der Waals surface area contributed by atoms with Crippen LogP contribution in [0.1, 0.15) is 40.0 Å². The minimum atomic E-state index is -0.514. The number of hydrogen-bond acceptors (Lipinski definition) is 5. The van der Waals surface area contributed by atoms with Crippen molar-refractivity contribution in [2.45, 2.75) is 31.8 Å². The Morgan fingerprint density at radius 3 is 2.73 bits per heavy atom. The summed E-state index contributed by atoms with van der Waals surface area (Å²) < 4.78 is 14.9. The molecular weight excluding hydrogens is 469 g/mol. The van der Waals surface area contributed by atoms with E-state index in [1.54, 1.807) is 24.4 Å². The molecule has 0 saturated carbocycles. The molecule has 2 fully saturated rings. The Labute approximate surface area is 214 Å². The van der Waals surface area contributed by atoms with Crippen LogP contribution in [-0.4, -0.2) is 56.6 Å². The Balaban J connectivity index is 1.17. The van der Waals surface area contributed by atoms with Crippen molar-refractivity contribution in [3.63, 3.8) is 0 Å². The van der Waals surface area contributed by atoms with E-state index in [1.807, 2.05) is 35.4 Å². The normalized spacial score (nSPS) is 19.8. The van der Waals surface area contributed by atoms with Gasteiger partial charge in [0.25, 0.3) is 11.5 Å². The highest BCUT2D eigenvalue weighted by atomic mass is 19.1. The molecule has 1 N–H and O–H groups in total. The third-order valence-corrected chi connectivity index (χ3v) is 7.75. The summed E-state index contributed by atoms with van der Waals surface area (Å²) in [6, 6.07) is 16.4. The molecule has 4 heterocycles. The first-order valence-electron chi connectivity index (χ1n) is 12.7. The predicted octanol–water partition coefficient (Wildman–Crippen LogP) is 3.78. The maximum Gasteiger partial charge on any atom is 0.272 e. The topological polar surface area (TPSA) is 82.2 Å². The van der Waals surface area contributed by atoms with Crippen LogP contribution in [0, 0.1) is 11.7 Å². The van der Waals surface area contributed by atoms with Crippen molar-refractivity contribution in [2.24, 2.45) is 5.92 Å². The summed E-state index contributed by atoms with van der Waals surface area (Å²) in [6.07, 6.45) is 5.99. The molecule has 0 radical (unpaired) electrons. The first-order valence-corrected chi connectivity index (χ1v) is 12.7. The SMILES string of the molecule is O=C(c1cc(Cc2n[nH]c(=O)c3ccccc23)ccc1F)N1CCC2C(CCN2Cc2cccnc2)C1. The average Bonchev–Trinajstić information content (AvgIpc) is 3.33. The zero-order valence-electron chi connectivity index (χ0n) is 20.4. The van der Waals surface area contributed by atoms with Crippen LogP contribution in [0.25, 0.3) is 10.8 Å². The van der Waals surface area contributed by atoms with Crippen molar-refractivity contribution in [3.05, 3.63) is 106 Å². The van der Waals surface area contributed by atoms with Gasteiger partial charge in [0.05, 0.1) is 16.6 Å². The molecule has 1 amide bonds. The fourth-order valence-corrected chi connectivity index (χ4v) is 5.90. The van der Waals surface area contributed by atoms with Crippen LogP contribution >= 0.6 is 0 Å². The Bertz CT molecular complexity index is 1510. The lowest BCUT2D eigenvalue weighted by atomic mass is 9.92. The second-order valence-electron chi connectivity index (χ2n) is 10.0. The number of H-pyrrole nitrogens is 1. The number of carbonyl (C=O) groups is 1. The number of likely N-dealkylation sites (tertiary alicyclic amines) is 2. The van der Waals surface area contributed by atoms with E-state index in [0.29, 0.717) is 42.6 Å². The number of nitrogens with zero attached hydrogens (tertiary/aromatic N) is 4. The summed E-state index contributed by atoms with van der Waals surface area (Å²) in [7, 11) is 0. The molecule has 2 unspecified atom stereocenters. The second-order valence-corrected chi connectivity index (χ2v) is 10.0. The molecule has 0 spiro atoms. The van der Waals surface area contributed by atoms with Gasteiger partial charge in [0.15, 0.2) is 0 Å². The quantitative estimate of drug-likeness (QED) is 0.454. The maximum absolute atomic E-state index is 14.9. The molecule has 2 atom stereocenters. The number of benzene rings is 2. The lowest BCUT2D eigenvalue weighted by Gasteiger charge is -2.38. The van der Waals surface area contributed by atoms with Gasteiger partial charge in [0.2, 0.25) is 0 Å². The van der Waals surface area contributed by atoms with E-state index in [0.717, 1.165) is 36.9 Å². The van der Waals surface area contributed by atoms with Crippen molar-refractivity contribution in [3.8, 4) is 0 Å². The van der Waals surface area contributed by atoms with Gasteiger partial charge in [0, 0.05) is 49.9 Å². The highest BCUT2D eigenvalue weighted by molar-refractivity contribution is 5.95. The van der Waals surface area contributed by atoms with Gasteiger partial charge in [-0.3, -0.25) is 19.5 Å². The molecule has 37 heavy (non-hydrogen) atoms. The van der Waals surface area contributed by atoms with Gasteiger partial charge in [-0.1, -0.05) is 30.3 Å². The number of piperidine rings is 1. The van der Waals surface area contributed by atoms with Crippen LogP contribution in [0.2, 0.25) is 0 Å². The molecule has 0 bridgehead atoms. The molecule has 2 aromatic heterocycles. The number of nitrogens with one attached hydrogen (secondary N) is 1.